The highest BCUT2D eigenvalue weighted by molar-refractivity contribution is 5.99. The van der Waals surface area contributed by atoms with Crippen molar-refractivity contribution in [1.29, 1.82) is 0 Å². The SMILES string of the molecule is COc1cccc(Nc2ncccc2C(=O)N2CCC3(CC2)C[C@@H](Oc2ccccc2)CO3)c1. The van der Waals surface area contributed by atoms with Crippen LogP contribution in [0.25, 0.3) is 0 Å². The molecule has 1 spiro atoms. The van der Waals surface area contributed by atoms with Gasteiger partial charge >= 0.3 is 0 Å². The molecule has 0 bridgehead atoms. The van der Waals surface area contributed by atoms with Gasteiger partial charge in [-0.3, -0.25) is 4.79 Å². The van der Waals surface area contributed by atoms with Crippen molar-refractivity contribution in [3.05, 3.63) is 78.5 Å². The lowest BCUT2D eigenvalue weighted by atomic mass is 9.87. The Labute approximate surface area is 199 Å². The lowest BCUT2D eigenvalue weighted by Gasteiger charge is -2.38. The molecule has 3 aromatic rings. The summed E-state index contributed by atoms with van der Waals surface area (Å²) in [6.07, 6.45) is 4.17. The zero-order valence-corrected chi connectivity index (χ0v) is 19.3. The molecular weight excluding hydrogens is 430 g/mol. The molecule has 7 nitrogen and oxygen atoms in total. The summed E-state index contributed by atoms with van der Waals surface area (Å²) in [5.41, 5.74) is 1.15. The average molecular weight is 460 g/mol. The molecule has 1 amide bonds. The standard InChI is InChI=1S/C27H29N3O4/c1-32-22-10-5-7-20(17-22)29-25-24(11-6-14-28-25)26(31)30-15-12-27(13-16-30)18-23(19-33-27)34-21-8-3-2-4-9-21/h2-11,14,17,23H,12-13,15-16,18-19H2,1H3,(H,28,29)/t23-/m1/s1. The molecule has 176 valence electrons. The van der Waals surface area contributed by atoms with Crippen molar-refractivity contribution in [3.63, 3.8) is 0 Å². The normalized spacial score (nSPS) is 19.1. The Balaban J connectivity index is 1.22. The quantitative estimate of drug-likeness (QED) is 0.577. The zero-order valence-electron chi connectivity index (χ0n) is 19.3. The van der Waals surface area contributed by atoms with E-state index in [1.54, 1.807) is 19.4 Å². The first kappa shape index (κ1) is 22.2. The highest BCUT2D eigenvalue weighted by Gasteiger charge is 2.44. The van der Waals surface area contributed by atoms with Crippen molar-refractivity contribution in [1.82, 2.24) is 9.88 Å². The van der Waals surface area contributed by atoms with Gasteiger partial charge in [-0.25, -0.2) is 4.98 Å². The van der Waals surface area contributed by atoms with Crippen molar-refractivity contribution < 1.29 is 19.0 Å². The summed E-state index contributed by atoms with van der Waals surface area (Å²) in [4.78, 5) is 19.7. The van der Waals surface area contributed by atoms with Crippen molar-refractivity contribution in [2.24, 2.45) is 0 Å². The fourth-order valence-corrected chi connectivity index (χ4v) is 4.72. The molecule has 2 aliphatic heterocycles. The first-order valence-electron chi connectivity index (χ1n) is 11.7. The van der Waals surface area contributed by atoms with Crippen molar-refractivity contribution >= 4 is 17.4 Å². The Morgan fingerprint density at radius 3 is 2.65 bits per heavy atom. The third kappa shape index (κ3) is 4.84. The maximum atomic E-state index is 13.4. The van der Waals surface area contributed by atoms with Gasteiger partial charge < -0.3 is 24.4 Å². The number of nitrogens with zero attached hydrogens (tertiary/aromatic N) is 2. The van der Waals surface area contributed by atoms with Gasteiger partial charge in [-0.2, -0.15) is 0 Å². The zero-order chi connectivity index (χ0) is 23.4. The number of rotatable bonds is 6. The topological polar surface area (TPSA) is 72.9 Å². The van der Waals surface area contributed by atoms with Crippen LogP contribution in [0.4, 0.5) is 11.5 Å². The van der Waals surface area contributed by atoms with E-state index >= 15 is 0 Å². The number of carbonyl (C=O) groups is 1. The van der Waals surface area contributed by atoms with Gasteiger partial charge in [0.05, 0.1) is 24.9 Å². The number of anilines is 2. The first-order valence-corrected chi connectivity index (χ1v) is 11.7. The Kier molecular flexibility index (Phi) is 6.36. The van der Waals surface area contributed by atoms with Gasteiger partial charge in [-0.1, -0.05) is 24.3 Å². The number of ether oxygens (including phenoxy) is 3. The number of piperidine rings is 1. The van der Waals surface area contributed by atoms with Gasteiger partial charge in [0, 0.05) is 37.5 Å². The Morgan fingerprint density at radius 1 is 1.06 bits per heavy atom. The molecule has 2 aliphatic rings. The number of hydrogen-bond acceptors (Lipinski definition) is 6. The number of benzene rings is 2. The average Bonchev–Trinajstić information content (AvgIpc) is 3.26. The van der Waals surface area contributed by atoms with Gasteiger partial charge in [-0.05, 0) is 49.2 Å². The van der Waals surface area contributed by atoms with Gasteiger partial charge in [0.25, 0.3) is 5.91 Å². The summed E-state index contributed by atoms with van der Waals surface area (Å²) >= 11 is 0. The van der Waals surface area contributed by atoms with E-state index < -0.39 is 0 Å². The molecule has 2 aromatic carbocycles. The van der Waals surface area contributed by atoms with Crippen molar-refractivity contribution in [2.45, 2.75) is 31.0 Å². The Hall–Kier alpha value is -3.58. The molecule has 5 rings (SSSR count). The van der Waals surface area contributed by atoms with Crippen LogP contribution < -0.4 is 14.8 Å². The van der Waals surface area contributed by atoms with Crippen LogP contribution in [-0.4, -0.2) is 54.3 Å². The van der Waals surface area contributed by atoms with Crippen LogP contribution >= 0.6 is 0 Å². The summed E-state index contributed by atoms with van der Waals surface area (Å²) in [7, 11) is 1.63. The fourth-order valence-electron chi connectivity index (χ4n) is 4.72. The summed E-state index contributed by atoms with van der Waals surface area (Å²) in [6, 6.07) is 21.0. The number of pyridine rings is 1. The molecule has 2 saturated heterocycles. The number of methoxy groups -OCH3 is 1. The molecule has 1 aromatic heterocycles. The molecule has 3 heterocycles. The predicted molar refractivity (Wildman–Crippen MR) is 130 cm³/mol. The molecule has 1 N–H and O–H groups in total. The van der Waals surface area contributed by atoms with E-state index in [0.29, 0.717) is 31.1 Å². The summed E-state index contributed by atoms with van der Waals surface area (Å²) in [5, 5.41) is 3.26. The molecule has 1 atom stereocenters. The number of para-hydroxylation sites is 1. The van der Waals surface area contributed by atoms with E-state index in [4.69, 9.17) is 14.2 Å². The number of carbonyl (C=O) groups excluding carboxylic acids is 1. The molecule has 34 heavy (non-hydrogen) atoms. The summed E-state index contributed by atoms with van der Waals surface area (Å²) < 4.78 is 17.6. The fraction of sp³-hybridized carbons (Fsp3) is 0.333. The van der Waals surface area contributed by atoms with Gasteiger partial charge in [0.2, 0.25) is 0 Å². The van der Waals surface area contributed by atoms with Gasteiger partial charge in [-0.15, -0.1) is 0 Å². The highest BCUT2D eigenvalue weighted by Crippen LogP contribution is 2.38. The lowest BCUT2D eigenvalue weighted by molar-refractivity contribution is -0.0395. The smallest absolute Gasteiger partial charge is 0.257 e. The molecular formula is C27H29N3O4. The molecule has 2 fully saturated rings. The monoisotopic (exact) mass is 459 g/mol. The molecule has 7 heteroatoms. The minimum absolute atomic E-state index is 0.0246. The van der Waals surface area contributed by atoms with E-state index in [0.717, 1.165) is 36.4 Å². The van der Waals surface area contributed by atoms with Crippen molar-refractivity contribution in [3.8, 4) is 11.5 Å². The number of amides is 1. The van der Waals surface area contributed by atoms with Crippen LogP contribution in [0.3, 0.4) is 0 Å². The van der Waals surface area contributed by atoms with E-state index in [1.807, 2.05) is 65.6 Å². The van der Waals surface area contributed by atoms with Gasteiger partial charge in [0.15, 0.2) is 0 Å². The largest absolute Gasteiger partial charge is 0.497 e. The summed E-state index contributed by atoms with van der Waals surface area (Å²) in [6.45, 7) is 1.87. The highest BCUT2D eigenvalue weighted by atomic mass is 16.6. The van der Waals surface area contributed by atoms with Crippen LogP contribution in [-0.2, 0) is 4.74 Å². The summed E-state index contributed by atoms with van der Waals surface area (Å²) in [5.74, 6) is 2.12. The predicted octanol–water partition coefficient (Wildman–Crippen LogP) is 4.68. The molecule has 0 radical (unpaired) electrons. The van der Waals surface area contributed by atoms with Crippen LogP contribution in [0.1, 0.15) is 29.6 Å². The third-order valence-corrected chi connectivity index (χ3v) is 6.55. The Bertz CT molecular complexity index is 1130. The molecule has 0 saturated carbocycles. The number of hydrogen-bond donors (Lipinski definition) is 1. The van der Waals surface area contributed by atoms with Crippen LogP contribution in [0.2, 0.25) is 0 Å². The molecule has 0 unspecified atom stereocenters. The van der Waals surface area contributed by atoms with Crippen LogP contribution in [0.15, 0.2) is 72.9 Å². The van der Waals surface area contributed by atoms with E-state index in [2.05, 4.69) is 10.3 Å². The van der Waals surface area contributed by atoms with E-state index in [1.165, 1.54) is 0 Å². The second-order valence-corrected chi connectivity index (χ2v) is 8.80. The minimum Gasteiger partial charge on any atom is -0.497 e. The first-order chi connectivity index (χ1) is 16.6. The Morgan fingerprint density at radius 2 is 1.85 bits per heavy atom. The van der Waals surface area contributed by atoms with E-state index in [-0.39, 0.29) is 17.6 Å². The number of nitrogens with one attached hydrogen (secondary N) is 1. The van der Waals surface area contributed by atoms with Crippen molar-refractivity contribution in [2.75, 3.05) is 32.1 Å². The van der Waals surface area contributed by atoms with Crippen LogP contribution in [0, 0.1) is 0 Å². The van der Waals surface area contributed by atoms with Gasteiger partial charge in [0.1, 0.15) is 23.4 Å². The third-order valence-electron chi connectivity index (χ3n) is 6.55. The maximum Gasteiger partial charge on any atom is 0.257 e. The second kappa shape index (κ2) is 9.73. The number of aromatic nitrogens is 1. The second-order valence-electron chi connectivity index (χ2n) is 8.80. The number of likely N-dealkylation sites (tertiary alicyclic amines) is 1. The lowest BCUT2D eigenvalue weighted by Crippen LogP contribution is -2.46. The molecule has 0 aliphatic carbocycles. The van der Waals surface area contributed by atoms with Crippen LogP contribution in [0.5, 0.6) is 11.5 Å². The van der Waals surface area contributed by atoms with E-state index in [9.17, 15) is 4.79 Å². The maximum absolute atomic E-state index is 13.4. The minimum atomic E-state index is -0.215.